The fourth-order valence-corrected chi connectivity index (χ4v) is 4.70. The number of nitrogens with zero attached hydrogens (tertiary/aromatic N) is 5. The summed E-state index contributed by atoms with van der Waals surface area (Å²) in [5.41, 5.74) is 6.02. The first kappa shape index (κ1) is 31.2. The normalized spacial score (nSPS) is 23.3. The molecule has 0 bridgehead atoms. The number of esters is 1. The summed E-state index contributed by atoms with van der Waals surface area (Å²) < 4.78 is 38.9. The predicted molar refractivity (Wildman–Crippen MR) is 146 cm³/mol. The molecule has 42 heavy (non-hydrogen) atoms. The molecule has 6 N–H and O–H groups in total. The highest BCUT2D eigenvalue weighted by Gasteiger charge is 2.58. The van der Waals surface area contributed by atoms with Crippen molar-refractivity contribution >= 4 is 37.1 Å². The number of imidazole rings is 1. The second kappa shape index (κ2) is 13.1. The molecule has 1 saturated heterocycles. The number of nitrogens with one attached hydrogen (secondary N) is 2. The topological polar surface area (TPSA) is 224 Å². The van der Waals surface area contributed by atoms with Crippen LogP contribution >= 0.6 is 8.17 Å². The average Bonchev–Trinajstić information content (AvgIpc) is 3.48. The Balaban J connectivity index is 1.39. The zero-order chi connectivity index (χ0) is 30.6. The highest BCUT2D eigenvalue weighted by atomic mass is 31.1. The molecule has 2 aromatic heterocycles. The summed E-state index contributed by atoms with van der Waals surface area (Å²) in [6.07, 6.45) is -3.51. The van der Waals surface area contributed by atoms with Crippen molar-refractivity contribution in [3.8, 4) is 11.5 Å². The van der Waals surface area contributed by atoms with Gasteiger partial charge in [-0.05, 0) is 45.0 Å². The van der Waals surface area contributed by atoms with Crippen molar-refractivity contribution in [3.05, 3.63) is 30.6 Å². The van der Waals surface area contributed by atoms with Crippen LogP contribution in [0.5, 0.6) is 11.5 Å². The van der Waals surface area contributed by atoms with Crippen molar-refractivity contribution in [2.24, 2.45) is 4.85 Å². The lowest BCUT2D eigenvalue weighted by atomic mass is 9.97. The zero-order valence-corrected chi connectivity index (χ0v) is 24.1. The SMILES string of the molecule is CNc1nc(N)nc2c1ncn2[C@@H]1O[C@H](COc2ccc(O/[P+]([O-])=N/N[C@@H](C)C(=O)OC(C)C)cc2)[C@@H](O)[C@]1(F)CO. The molecule has 4 rings (SSSR count). The third-order valence-corrected chi connectivity index (χ3v) is 6.83. The summed E-state index contributed by atoms with van der Waals surface area (Å²) in [6, 6.07) is 5.07. The van der Waals surface area contributed by atoms with E-state index in [1.807, 2.05) is 0 Å². The van der Waals surface area contributed by atoms with E-state index in [-0.39, 0.29) is 30.1 Å². The maximum absolute atomic E-state index is 15.9. The molecule has 0 spiro atoms. The van der Waals surface area contributed by atoms with Crippen LogP contribution in [0.4, 0.5) is 16.2 Å². The smallest absolute Gasteiger partial charge is 0.412 e. The fraction of sp³-hybridized carbons (Fsp3) is 0.500. The van der Waals surface area contributed by atoms with Gasteiger partial charge in [-0.3, -0.25) is 13.9 Å². The molecule has 18 heteroatoms. The molecule has 1 aliphatic rings. The first-order valence-electron chi connectivity index (χ1n) is 12.8. The van der Waals surface area contributed by atoms with Gasteiger partial charge in [0.05, 0.1) is 19.0 Å². The Morgan fingerprint density at radius 1 is 1.31 bits per heavy atom. The largest absolute Gasteiger partial charge is 0.574 e. The van der Waals surface area contributed by atoms with Crippen molar-refractivity contribution in [1.82, 2.24) is 24.9 Å². The minimum absolute atomic E-state index is 0.0942. The number of anilines is 2. The van der Waals surface area contributed by atoms with Crippen LogP contribution in [0.3, 0.4) is 0 Å². The van der Waals surface area contributed by atoms with Crippen LogP contribution in [-0.4, -0.2) is 86.0 Å². The number of aromatic nitrogens is 4. The number of aliphatic hydroxyl groups is 2. The van der Waals surface area contributed by atoms with E-state index < -0.39 is 50.9 Å². The minimum atomic E-state index is -2.62. The molecule has 6 atom stereocenters. The number of carbonyl (C=O) groups is 1. The molecule has 1 fully saturated rings. The van der Waals surface area contributed by atoms with Crippen LogP contribution in [0.1, 0.15) is 27.0 Å². The van der Waals surface area contributed by atoms with Gasteiger partial charge in [0.2, 0.25) is 11.6 Å². The number of carbonyl (C=O) groups excluding carboxylic acids is 1. The maximum Gasteiger partial charge on any atom is 0.412 e. The summed E-state index contributed by atoms with van der Waals surface area (Å²) in [4.78, 5) is 39.9. The van der Waals surface area contributed by atoms with Gasteiger partial charge in [-0.25, -0.2) is 9.37 Å². The Kier molecular flexibility index (Phi) is 9.71. The van der Waals surface area contributed by atoms with E-state index in [1.54, 1.807) is 20.9 Å². The number of nitrogen functional groups attached to an aromatic ring is 1. The number of ether oxygens (including phenoxy) is 3. The lowest BCUT2D eigenvalue weighted by Crippen LogP contribution is -2.46. The average molecular weight is 611 g/mol. The Labute approximate surface area is 240 Å². The van der Waals surface area contributed by atoms with Crippen molar-refractivity contribution in [1.29, 1.82) is 0 Å². The van der Waals surface area contributed by atoms with Gasteiger partial charge in [-0.15, -0.1) is 0 Å². The first-order chi connectivity index (χ1) is 20.0. The number of hydrogen-bond acceptors (Lipinski definition) is 14. The molecule has 0 saturated carbocycles. The van der Waals surface area contributed by atoms with Gasteiger partial charge in [0.1, 0.15) is 30.6 Å². The van der Waals surface area contributed by atoms with Crippen LogP contribution in [0.2, 0.25) is 0 Å². The second-order valence-electron chi connectivity index (χ2n) is 9.61. The summed E-state index contributed by atoms with van der Waals surface area (Å²) >= 11 is 0. The van der Waals surface area contributed by atoms with Gasteiger partial charge in [0.15, 0.2) is 29.0 Å². The first-order valence-corrected chi connectivity index (χ1v) is 14.0. The number of alkyl halides is 1. The summed E-state index contributed by atoms with van der Waals surface area (Å²) in [6.45, 7) is 3.57. The minimum Gasteiger partial charge on any atom is -0.574 e. The molecule has 1 aromatic carbocycles. The fourth-order valence-electron chi connectivity index (χ4n) is 4.09. The predicted octanol–water partition coefficient (Wildman–Crippen LogP) is 0.567. The third kappa shape index (κ3) is 6.67. The van der Waals surface area contributed by atoms with E-state index in [0.717, 1.165) is 0 Å². The lowest BCUT2D eigenvalue weighted by Gasteiger charge is -2.26. The number of hydrogen-bond donors (Lipinski definition) is 5. The third-order valence-electron chi connectivity index (χ3n) is 6.19. The van der Waals surface area contributed by atoms with Gasteiger partial charge in [0, 0.05) is 11.9 Å². The van der Waals surface area contributed by atoms with E-state index >= 15 is 4.39 Å². The Hall–Kier alpha value is -3.73. The van der Waals surface area contributed by atoms with Crippen LogP contribution < -0.4 is 30.6 Å². The maximum atomic E-state index is 15.9. The van der Waals surface area contributed by atoms with E-state index in [1.165, 1.54) is 42.1 Å². The lowest BCUT2D eigenvalue weighted by molar-refractivity contribution is -0.169. The molecule has 228 valence electrons. The Morgan fingerprint density at radius 3 is 2.64 bits per heavy atom. The molecular formula is C24H32FN8O8P. The van der Waals surface area contributed by atoms with Crippen LogP contribution in [0, 0.1) is 0 Å². The number of fused-ring (bicyclic) bond motifs is 1. The van der Waals surface area contributed by atoms with Gasteiger partial charge in [-0.1, -0.05) is 0 Å². The molecule has 3 heterocycles. The van der Waals surface area contributed by atoms with Crippen LogP contribution in [0.25, 0.3) is 11.2 Å². The summed E-state index contributed by atoms with van der Waals surface area (Å²) in [5.74, 6) is 0.165. The quantitative estimate of drug-likeness (QED) is 0.107. The van der Waals surface area contributed by atoms with E-state index in [2.05, 4.69) is 30.5 Å². The Bertz CT molecular complexity index is 1430. The molecule has 0 amide bonds. The van der Waals surface area contributed by atoms with Gasteiger partial charge < -0.3 is 40.4 Å². The number of halogens is 1. The molecule has 0 radical (unpaired) electrons. The molecule has 0 aliphatic carbocycles. The monoisotopic (exact) mass is 610 g/mol. The Morgan fingerprint density at radius 2 is 2.00 bits per heavy atom. The molecule has 16 nitrogen and oxygen atoms in total. The number of benzene rings is 1. The van der Waals surface area contributed by atoms with E-state index in [4.69, 9.17) is 24.5 Å². The molecule has 1 unspecified atom stereocenters. The highest BCUT2D eigenvalue weighted by molar-refractivity contribution is 7.33. The van der Waals surface area contributed by atoms with Crippen molar-refractivity contribution in [2.45, 2.75) is 57.0 Å². The summed E-state index contributed by atoms with van der Waals surface area (Å²) in [5, 5.41) is 23.5. The zero-order valence-electron chi connectivity index (χ0n) is 23.2. The van der Waals surface area contributed by atoms with Crippen molar-refractivity contribution < 1.29 is 43.0 Å². The van der Waals surface area contributed by atoms with Crippen molar-refractivity contribution in [2.75, 3.05) is 31.3 Å². The molecule has 3 aromatic rings. The van der Waals surface area contributed by atoms with Gasteiger partial charge in [-0.2, -0.15) is 15.4 Å². The highest BCUT2D eigenvalue weighted by Crippen LogP contribution is 2.43. The van der Waals surface area contributed by atoms with Crippen molar-refractivity contribution in [3.63, 3.8) is 0 Å². The van der Waals surface area contributed by atoms with Crippen LogP contribution in [-0.2, 0) is 14.3 Å². The molecular weight excluding hydrogens is 578 g/mol. The summed E-state index contributed by atoms with van der Waals surface area (Å²) in [7, 11) is -0.943. The number of aliphatic hydroxyl groups excluding tert-OH is 2. The van der Waals surface area contributed by atoms with E-state index in [9.17, 15) is 19.9 Å². The van der Waals surface area contributed by atoms with Crippen LogP contribution in [0.15, 0.2) is 35.4 Å². The number of rotatable bonds is 12. The van der Waals surface area contributed by atoms with E-state index in [0.29, 0.717) is 17.1 Å². The number of nitrogens with two attached hydrogens (primary N) is 1. The molecule has 1 aliphatic heterocycles. The standard InChI is InChI=1S/C24H32FN8O8P/c1-12(2)39-21(36)13(3)31-32-42(37)41-15-7-5-14(6-8-15)38-9-16-18(35)24(25,10-34)22(40-16)33-11-28-17-19(27-4)29-23(26)30-20(17)33/h5-8,11-13,16,18,22,31,34-35H,9-10H2,1-4H3,(H3,26,27,29,30)/t13-,16+,18+,22+,24+/m0/s1. The van der Waals surface area contributed by atoms with Gasteiger partial charge >= 0.3 is 14.1 Å². The second-order valence-corrected chi connectivity index (χ2v) is 10.5. The van der Waals surface area contributed by atoms with Gasteiger partial charge in [0.25, 0.3) is 0 Å².